The maximum Gasteiger partial charge on any atom is 0.195 e. The zero-order valence-electron chi connectivity index (χ0n) is 6.34. The Bertz CT molecular complexity index is 299. The van der Waals surface area contributed by atoms with E-state index < -0.39 is 0 Å². The fourth-order valence-electron chi connectivity index (χ4n) is 1.50. The Morgan fingerprint density at radius 1 is 1.36 bits per heavy atom. The first-order valence-corrected chi connectivity index (χ1v) is 4.43. The van der Waals surface area contributed by atoms with Gasteiger partial charge in [-0.1, -0.05) is 6.42 Å². The van der Waals surface area contributed by atoms with Crippen LogP contribution in [0.15, 0.2) is 0 Å². The molecule has 0 aliphatic carbocycles. The molecule has 1 aliphatic rings. The second kappa shape index (κ2) is 2.77. The van der Waals surface area contributed by atoms with Gasteiger partial charge in [0.2, 0.25) is 0 Å². The summed E-state index contributed by atoms with van der Waals surface area (Å²) in [5.74, 6) is 1.13. The van der Waals surface area contributed by atoms with Gasteiger partial charge in [0, 0.05) is 13.0 Å². The molecule has 2 rings (SSSR count). The van der Waals surface area contributed by atoms with Gasteiger partial charge in [-0.25, -0.2) is 0 Å². The van der Waals surface area contributed by atoms with Crippen molar-refractivity contribution >= 4 is 12.2 Å². The second-order valence-corrected chi connectivity index (χ2v) is 3.29. The molecule has 1 aromatic rings. The van der Waals surface area contributed by atoms with Gasteiger partial charge < -0.3 is 4.57 Å². The standard InChI is InChI=1S/C7H11N3S/c11-7-9-8-6-4-2-1-3-5-10(6)7/h1-5H2,(H,9,11). The van der Waals surface area contributed by atoms with E-state index in [0.29, 0.717) is 0 Å². The summed E-state index contributed by atoms with van der Waals surface area (Å²) in [7, 11) is 0. The first-order valence-electron chi connectivity index (χ1n) is 4.02. The van der Waals surface area contributed by atoms with Gasteiger partial charge in [-0.3, -0.25) is 5.10 Å². The number of hydrogen-bond donors (Lipinski definition) is 1. The number of rotatable bonds is 0. The van der Waals surface area contributed by atoms with E-state index >= 15 is 0 Å². The van der Waals surface area contributed by atoms with Gasteiger partial charge in [0.15, 0.2) is 4.77 Å². The Morgan fingerprint density at radius 3 is 3.18 bits per heavy atom. The Kier molecular flexibility index (Phi) is 1.77. The smallest absolute Gasteiger partial charge is 0.195 e. The molecular formula is C7H11N3S. The minimum absolute atomic E-state index is 0.780. The van der Waals surface area contributed by atoms with E-state index in [4.69, 9.17) is 12.2 Å². The summed E-state index contributed by atoms with van der Waals surface area (Å²) in [5.41, 5.74) is 0. The molecule has 0 amide bonds. The summed E-state index contributed by atoms with van der Waals surface area (Å²) in [6, 6.07) is 0. The van der Waals surface area contributed by atoms with Gasteiger partial charge in [0.05, 0.1) is 0 Å². The molecule has 0 atom stereocenters. The van der Waals surface area contributed by atoms with E-state index in [-0.39, 0.29) is 0 Å². The molecule has 0 radical (unpaired) electrons. The summed E-state index contributed by atoms with van der Waals surface area (Å²) >= 11 is 5.08. The van der Waals surface area contributed by atoms with Gasteiger partial charge in [-0.05, 0) is 25.1 Å². The highest BCUT2D eigenvalue weighted by Crippen LogP contribution is 2.11. The Labute approximate surface area is 70.4 Å². The number of nitrogens with zero attached hydrogens (tertiary/aromatic N) is 2. The number of hydrogen-bond acceptors (Lipinski definition) is 2. The van der Waals surface area contributed by atoms with Crippen LogP contribution in [-0.4, -0.2) is 14.8 Å². The molecule has 0 aromatic carbocycles. The predicted octanol–water partition coefficient (Wildman–Crippen LogP) is 1.67. The minimum atomic E-state index is 0.780. The van der Waals surface area contributed by atoms with Crippen LogP contribution in [0.3, 0.4) is 0 Å². The summed E-state index contributed by atoms with van der Waals surface area (Å²) in [4.78, 5) is 0. The highest BCUT2D eigenvalue weighted by atomic mass is 32.1. The molecule has 0 bridgehead atoms. The Hall–Kier alpha value is -0.640. The summed E-state index contributed by atoms with van der Waals surface area (Å²) in [5, 5.41) is 6.98. The third-order valence-electron chi connectivity index (χ3n) is 2.12. The lowest BCUT2D eigenvalue weighted by Gasteiger charge is -1.98. The fourth-order valence-corrected chi connectivity index (χ4v) is 1.74. The van der Waals surface area contributed by atoms with Gasteiger partial charge in [0.25, 0.3) is 0 Å². The van der Waals surface area contributed by atoms with Crippen molar-refractivity contribution in [2.24, 2.45) is 0 Å². The zero-order valence-corrected chi connectivity index (χ0v) is 7.15. The van der Waals surface area contributed by atoms with Crippen molar-refractivity contribution in [2.75, 3.05) is 0 Å². The van der Waals surface area contributed by atoms with E-state index in [1.807, 2.05) is 0 Å². The molecule has 0 saturated carbocycles. The van der Waals surface area contributed by atoms with Crippen LogP contribution in [0.1, 0.15) is 25.1 Å². The van der Waals surface area contributed by atoms with E-state index in [2.05, 4.69) is 14.8 Å². The molecule has 3 nitrogen and oxygen atoms in total. The molecule has 0 saturated heterocycles. The number of fused-ring (bicyclic) bond motifs is 1. The van der Waals surface area contributed by atoms with Crippen LogP contribution < -0.4 is 0 Å². The van der Waals surface area contributed by atoms with Crippen LogP contribution in [0.5, 0.6) is 0 Å². The van der Waals surface area contributed by atoms with Gasteiger partial charge in [-0.15, -0.1) is 0 Å². The van der Waals surface area contributed by atoms with Crippen LogP contribution in [0, 0.1) is 4.77 Å². The van der Waals surface area contributed by atoms with Crippen molar-refractivity contribution in [3.8, 4) is 0 Å². The van der Waals surface area contributed by atoms with Crippen molar-refractivity contribution in [2.45, 2.75) is 32.2 Å². The third kappa shape index (κ3) is 1.22. The average Bonchev–Trinajstić information content (AvgIpc) is 2.25. The van der Waals surface area contributed by atoms with Crippen LogP contribution in [0.4, 0.5) is 0 Å². The predicted molar refractivity (Wildman–Crippen MR) is 45.0 cm³/mol. The number of aryl methyl sites for hydroxylation is 1. The first-order chi connectivity index (χ1) is 5.38. The van der Waals surface area contributed by atoms with Crippen molar-refractivity contribution in [3.05, 3.63) is 10.6 Å². The van der Waals surface area contributed by atoms with Gasteiger partial charge >= 0.3 is 0 Å². The lowest BCUT2D eigenvalue weighted by atomic mass is 10.2. The topological polar surface area (TPSA) is 33.6 Å². The maximum atomic E-state index is 5.08. The summed E-state index contributed by atoms with van der Waals surface area (Å²) in [6.45, 7) is 1.05. The molecule has 0 spiro atoms. The normalized spacial score (nSPS) is 17.5. The molecular weight excluding hydrogens is 158 g/mol. The maximum absolute atomic E-state index is 5.08. The quantitative estimate of drug-likeness (QED) is 0.599. The molecule has 2 heterocycles. The van der Waals surface area contributed by atoms with E-state index in [1.54, 1.807) is 0 Å². The fraction of sp³-hybridized carbons (Fsp3) is 0.714. The SMILES string of the molecule is S=c1[nH]nc2n1CCCCC2. The first kappa shape index (κ1) is 7.03. The van der Waals surface area contributed by atoms with Crippen LogP contribution in [-0.2, 0) is 13.0 Å². The van der Waals surface area contributed by atoms with Gasteiger partial charge in [-0.2, -0.15) is 5.10 Å². The molecule has 11 heavy (non-hydrogen) atoms. The molecule has 0 fully saturated rings. The third-order valence-corrected chi connectivity index (χ3v) is 2.43. The van der Waals surface area contributed by atoms with Crippen molar-refractivity contribution in [1.82, 2.24) is 14.8 Å². The van der Waals surface area contributed by atoms with Crippen LogP contribution >= 0.6 is 12.2 Å². The lowest BCUT2D eigenvalue weighted by Crippen LogP contribution is -1.99. The zero-order chi connectivity index (χ0) is 7.68. The lowest BCUT2D eigenvalue weighted by molar-refractivity contribution is 0.626. The Morgan fingerprint density at radius 2 is 2.27 bits per heavy atom. The number of aromatic amines is 1. The molecule has 4 heteroatoms. The number of H-pyrrole nitrogens is 1. The second-order valence-electron chi connectivity index (χ2n) is 2.91. The monoisotopic (exact) mass is 169 g/mol. The molecule has 1 aliphatic heterocycles. The van der Waals surface area contributed by atoms with Crippen LogP contribution in [0.2, 0.25) is 0 Å². The number of nitrogens with one attached hydrogen (secondary N) is 1. The largest absolute Gasteiger partial charge is 0.304 e. The number of aromatic nitrogens is 3. The average molecular weight is 169 g/mol. The summed E-state index contributed by atoms with van der Waals surface area (Å²) < 4.78 is 2.89. The highest BCUT2D eigenvalue weighted by Gasteiger charge is 2.08. The van der Waals surface area contributed by atoms with E-state index in [0.717, 1.165) is 23.6 Å². The van der Waals surface area contributed by atoms with Crippen LogP contribution in [0.25, 0.3) is 0 Å². The van der Waals surface area contributed by atoms with Crippen molar-refractivity contribution in [3.63, 3.8) is 0 Å². The van der Waals surface area contributed by atoms with E-state index in [1.165, 1.54) is 19.3 Å². The molecule has 1 aromatic heterocycles. The van der Waals surface area contributed by atoms with Crippen molar-refractivity contribution in [1.29, 1.82) is 0 Å². The Balaban J connectivity index is 2.43. The minimum Gasteiger partial charge on any atom is -0.304 e. The molecule has 1 N–H and O–H groups in total. The highest BCUT2D eigenvalue weighted by molar-refractivity contribution is 7.71. The van der Waals surface area contributed by atoms with E-state index in [9.17, 15) is 0 Å². The van der Waals surface area contributed by atoms with Gasteiger partial charge in [0.1, 0.15) is 5.82 Å². The summed E-state index contributed by atoms with van der Waals surface area (Å²) in [6.07, 6.45) is 4.87. The molecule has 60 valence electrons. The molecule has 0 unspecified atom stereocenters. The van der Waals surface area contributed by atoms with Crippen molar-refractivity contribution < 1.29 is 0 Å².